The highest BCUT2D eigenvalue weighted by Gasteiger charge is 2.11. The van der Waals surface area contributed by atoms with Gasteiger partial charge in [0.1, 0.15) is 0 Å². The lowest BCUT2D eigenvalue weighted by molar-refractivity contribution is 0.363. The van der Waals surface area contributed by atoms with E-state index in [9.17, 15) is 0 Å². The van der Waals surface area contributed by atoms with Crippen LogP contribution in [-0.2, 0) is 7.05 Å². The highest BCUT2D eigenvalue weighted by Crippen LogP contribution is 2.31. The number of ether oxygens (including phenoxy) is 2. The van der Waals surface area contributed by atoms with Gasteiger partial charge in [-0.05, 0) is 24.3 Å². The number of aromatic nitrogens is 2. The Balaban J connectivity index is 2.03. The number of methoxy groups -OCH3 is 1. The van der Waals surface area contributed by atoms with Crippen LogP contribution in [0.15, 0.2) is 48.5 Å². The zero-order valence-corrected chi connectivity index (χ0v) is 10.8. The summed E-state index contributed by atoms with van der Waals surface area (Å²) in [5.74, 6) is 1.35. The van der Waals surface area contributed by atoms with E-state index in [1.165, 1.54) is 0 Å². The first-order chi connectivity index (χ1) is 9.29. The van der Waals surface area contributed by atoms with E-state index < -0.39 is 0 Å². The summed E-state index contributed by atoms with van der Waals surface area (Å²) in [6.07, 6.45) is 0. The molecule has 4 nitrogen and oxygen atoms in total. The van der Waals surface area contributed by atoms with Gasteiger partial charge in [0.05, 0.1) is 18.1 Å². The fraction of sp³-hybridized carbons (Fsp3) is 0.133. The van der Waals surface area contributed by atoms with Crippen LogP contribution in [0.3, 0.4) is 0 Å². The minimum Gasteiger partial charge on any atom is -0.493 e. The molecule has 0 bridgehead atoms. The largest absolute Gasteiger partial charge is 0.493 e. The van der Waals surface area contributed by atoms with Gasteiger partial charge in [0, 0.05) is 7.05 Å². The Kier molecular flexibility index (Phi) is 2.83. The van der Waals surface area contributed by atoms with Crippen LogP contribution < -0.4 is 9.47 Å². The first kappa shape index (κ1) is 11.6. The molecular formula is C15H14N2O2. The van der Waals surface area contributed by atoms with Crippen LogP contribution in [0.1, 0.15) is 0 Å². The summed E-state index contributed by atoms with van der Waals surface area (Å²) in [5.41, 5.74) is 1.95. The van der Waals surface area contributed by atoms with Crippen molar-refractivity contribution in [2.75, 3.05) is 7.11 Å². The maximum atomic E-state index is 5.84. The molecule has 1 aromatic heterocycles. The Morgan fingerprint density at radius 3 is 2.37 bits per heavy atom. The quantitative estimate of drug-likeness (QED) is 0.719. The maximum Gasteiger partial charge on any atom is 0.302 e. The van der Waals surface area contributed by atoms with Gasteiger partial charge in [-0.15, -0.1) is 0 Å². The van der Waals surface area contributed by atoms with Gasteiger partial charge in [-0.3, -0.25) is 4.57 Å². The normalized spacial score (nSPS) is 10.6. The highest BCUT2D eigenvalue weighted by molar-refractivity contribution is 5.76. The third-order valence-electron chi connectivity index (χ3n) is 3.02. The van der Waals surface area contributed by atoms with Gasteiger partial charge in [-0.1, -0.05) is 24.3 Å². The first-order valence-electron chi connectivity index (χ1n) is 6.02. The van der Waals surface area contributed by atoms with Gasteiger partial charge < -0.3 is 9.47 Å². The molecule has 2 aromatic carbocycles. The Hall–Kier alpha value is -2.49. The third kappa shape index (κ3) is 2.01. The van der Waals surface area contributed by atoms with Crippen LogP contribution >= 0.6 is 0 Å². The molecule has 0 fully saturated rings. The Labute approximate surface area is 111 Å². The molecule has 0 saturated heterocycles. The molecule has 3 rings (SSSR count). The van der Waals surface area contributed by atoms with E-state index in [2.05, 4.69) is 4.98 Å². The summed E-state index contributed by atoms with van der Waals surface area (Å²) in [4.78, 5) is 4.47. The molecule has 0 unspecified atom stereocenters. The third-order valence-corrected chi connectivity index (χ3v) is 3.02. The molecule has 0 spiro atoms. The van der Waals surface area contributed by atoms with Crippen molar-refractivity contribution in [3.63, 3.8) is 0 Å². The molecule has 0 aliphatic carbocycles. The van der Waals surface area contributed by atoms with Crippen molar-refractivity contribution in [1.82, 2.24) is 9.55 Å². The Morgan fingerprint density at radius 2 is 1.63 bits per heavy atom. The number of rotatable bonds is 3. The van der Waals surface area contributed by atoms with Gasteiger partial charge >= 0.3 is 6.01 Å². The zero-order chi connectivity index (χ0) is 13.2. The molecule has 19 heavy (non-hydrogen) atoms. The van der Waals surface area contributed by atoms with Gasteiger partial charge in [-0.25, -0.2) is 0 Å². The fourth-order valence-corrected chi connectivity index (χ4v) is 2.02. The van der Waals surface area contributed by atoms with Gasteiger partial charge in [0.2, 0.25) is 0 Å². The fourth-order valence-electron chi connectivity index (χ4n) is 2.02. The summed E-state index contributed by atoms with van der Waals surface area (Å²) >= 11 is 0. The van der Waals surface area contributed by atoms with Gasteiger partial charge in [-0.2, -0.15) is 4.98 Å². The van der Waals surface area contributed by atoms with E-state index >= 15 is 0 Å². The Bertz CT molecular complexity index is 719. The molecule has 0 saturated carbocycles. The zero-order valence-electron chi connectivity index (χ0n) is 10.8. The van der Waals surface area contributed by atoms with Gasteiger partial charge in [0.15, 0.2) is 11.5 Å². The van der Waals surface area contributed by atoms with Crippen molar-refractivity contribution in [3.05, 3.63) is 48.5 Å². The lowest BCUT2D eigenvalue weighted by Gasteiger charge is -2.09. The summed E-state index contributed by atoms with van der Waals surface area (Å²) in [6.45, 7) is 0. The summed E-state index contributed by atoms with van der Waals surface area (Å²) < 4.78 is 13.0. The van der Waals surface area contributed by atoms with E-state index in [0.29, 0.717) is 17.5 Å². The van der Waals surface area contributed by atoms with E-state index in [-0.39, 0.29) is 0 Å². The monoisotopic (exact) mass is 254 g/mol. The van der Waals surface area contributed by atoms with Crippen molar-refractivity contribution < 1.29 is 9.47 Å². The van der Waals surface area contributed by atoms with Crippen molar-refractivity contribution in [3.8, 4) is 17.5 Å². The average molecular weight is 254 g/mol. The summed E-state index contributed by atoms with van der Waals surface area (Å²) in [5, 5.41) is 0. The molecule has 0 aliphatic rings. The number of nitrogens with zero attached hydrogens (tertiary/aromatic N) is 2. The molecule has 1 heterocycles. The van der Waals surface area contributed by atoms with Gasteiger partial charge in [0.25, 0.3) is 0 Å². The number of para-hydroxylation sites is 4. The van der Waals surface area contributed by atoms with E-state index in [4.69, 9.17) is 9.47 Å². The second-order valence-corrected chi connectivity index (χ2v) is 4.20. The van der Waals surface area contributed by atoms with Crippen LogP contribution in [0.2, 0.25) is 0 Å². The summed E-state index contributed by atoms with van der Waals surface area (Å²) in [6, 6.07) is 16.0. The van der Waals surface area contributed by atoms with Crippen molar-refractivity contribution in [1.29, 1.82) is 0 Å². The highest BCUT2D eigenvalue weighted by atomic mass is 16.5. The standard InChI is InChI=1S/C15H14N2O2/c1-17-12-8-4-3-7-11(12)16-15(17)19-14-10-6-5-9-13(14)18-2/h3-10H,1-2H3. The number of imidazole rings is 1. The van der Waals surface area contributed by atoms with Crippen LogP contribution in [0.25, 0.3) is 11.0 Å². The molecular weight excluding hydrogens is 240 g/mol. The molecule has 0 radical (unpaired) electrons. The van der Waals surface area contributed by atoms with E-state index in [1.54, 1.807) is 7.11 Å². The molecule has 0 amide bonds. The second kappa shape index (κ2) is 4.65. The molecule has 0 N–H and O–H groups in total. The predicted octanol–water partition coefficient (Wildman–Crippen LogP) is 3.37. The predicted molar refractivity (Wildman–Crippen MR) is 73.8 cm³/mol. The second-order valence-electron chi connectivity index (χ2n) is 4.20. The number of benzene rings is 2. The number of fused-ring (bicyclic) bond motifs is 1. The first-order valence-corrected chi connectivity index (χ1v) is 6.02. The van der Waals surface area contributed by atoms with Crippen LogP contribution in [0.5, 0.6) is 17.5 Å². The molecule has 96 valence electrons. The molecule has 0 atom stereocenters. The molecule has 4 heteroatoms. The van der Waals surface area contributed by atoms with Crippen molar-refractivity contribution in [2.24, 2.45) is 7.05 Å². The van der Waals surface area contributed by atoms with Crippen molar-refractivity contribution >= 4 is 11.0 Å². The minimum absolute atomic E-state index is 0.547. The maximum absolute atomic E-state index is 5.84. The SMILES string of the molecule is COc1ccccc1Oc1nc2ccccc2n1C. The smallest absolute Gasteiger partial charge is 0.302 e. The number of hydrogen-bond donors (Lipinski definition) is 0. The summed E-state index contributed by atoms with van der Waals surface area (Å²) in [7, 11) is 3.55. The van der Waals surface area contributed by atoms with E-state index in [1.807, 2.05) is 60.1 Å². The van der Waals surface area contributed by atoms with Crippen molar-refractivity contribution in [2.45, 2.75) is 0 Å². The lowest BCUT2D eigenvalue weighted by atomic mass is 10.3. The molecule has 3 aromatic rings. The number of aryl methyl sites for hydroxylation is 1. The van der Waals surface area contributed by atoms with Crippen LogP contribution in [0, 0.1) is 0 Å². The minimum atomic E-state index is 0.547. The van der Waals surface area contributed by atoms with Crippen LogP contribution in [-0.4, -0.2) is 16.7 Å². The van der Waals surface area contributed by atoms with E-state index in [0.717, 1.165) is 11.0 Å². The Morgan fingerprint density at radius 1 is 0.947 bits per heavy atom. The lowest BCUT2D eigenvalue weighted by Crippen LogP contribution is -1.96. The molecule has 0 aliphatic heterocycles. The average Bonchev–Trinajstić information content (AvgIpc) is 2.77. The van der Waals surface area contributed by atoms with Crippen LogP contribution in [0.4, 0.5) is 0 Å². The number of hydrogen-bond acceptors (Lipinski definition) is 3. The topological polar surface area (TPSA) is 36.3 Å².